The number of rotatable bonds is 4. The fourth-order valence-electron chi connectivity index (χ4n) is 2.46. The molecule has 2 amide bonds. The van der Waals surface area contributed by atoms with Crippen LogP contribution in [0.2, 0.25) is 0 Å². The van der Waals surface area contributed by atoms with Crippen LogP contribution in [0.1, 0.15) is 18.4 Å². The van der Waals surface area contributed by atoms with Crippen LogP contribution in [0.15, 0.2) is 24.3 Å². The molecule has 1 aromatic rings. The molecular weight excluding hydrogens is 254 g/mol. The van der Waals surface area contributed by atoms with Crippen molar-refractivity contribution in [3.05, 3.63) is 29.8 Å². The van der Waals surface area contributed by atoms with E-state index in [-0.39, 0.29) is 24.3 Å². The number of benzene rings is 1. The van der Waals surface area contributed by atoms with E-state index in [0.717, 1.165) is 11.3 Å². The summed E-state index contributed by atoms with van der Waals surface area (Å²) in [6.45, 7) is 3.52. The van der Waals surface area contributed by atoms with E-state index in [1.165, 1.54) is 0 Å². The zero-order valence-corrected chi connectivity index (χ0v) is 11.8. The quantitative estimate of drug-likeness (QED) is 0.865. The number of carbonyl (C=O) groups excluding carboxylic acids is 2. The van der Waals surface area contributed by atoms with Gasteiger partial charge in [0.05, 0.1) is 6.54 Å². The van der Waals surface area contributed by atoms with Crippen LogP contribution >= 0.6 is 0 Å². The summed E-state index contributed by atoms with van der Waals surface area (Å²) in [5.74, 6) is -0.270. The minimum Gasteiger partial charge on any atom is -0.376 e. The lowest BCUT2D eigenvalue weighted by molar-refractivity contribution is -0.133. The van der Waals surface area contributed by atoms with Gasteiger partial charge in [0.2, 0.25) is 11.8 Å². The van der Waals surface area contributed by atoms with Gasteiger partial charge in [-0.2, -0.15) is 0 Å². The predicted octanol–water partition coefficient (Wildman–Crippen LogP) is 1.13. The third-order valence-corrected chi connectivity index (χ3v) is 3.71. The lowest BCUT2D eigenvalue weighted by Gasteiger charge is -2.30. The van der Waals surface area contributed by atoms with Crippen molar-refractivity contribution >= 4 is 17.5 Å². The van der Waals surface area contributed by atoms with Gasteiger partial charge in [0.25, 0.3) is 0 Å². The van der Waals surface area contributed by atoms with Crippen molar-refractivity contribution in [1.29, 1.82) is 0 Å². The fourth-order valence-corrected chi connectivity index (χ4v) is 2.46. The van der Waals surface area contributed by atoms with E-state index in [0.29, 0.717) is 25.9 Å². The molecule has 5 heteroatoms. The Morgan fingerprint density at radius 2 is 2.05 bits per heavy atom. The van der Waals surface area contributed by atoms with Gasteiger partial charge >= 0.3 is 0 Å². The van der Waals surface area contributed by atoms with Crippen LogP contribution in [0.5, 0.6) is 0 Å². The normalized spacial score (nSPS) is 15.9. The highest BCUT2D eigenvalue weighted by atomic mass is 16.2. The zero-order chi connectivity index (χ0) is 14.5. The van der Waals surface area contributed by atoms with Gasteiger partial charge in [-0.1, -0.05) is 12.1 Å². The summed E-state index contributed by atoms with van der Waals surface area (Å²) in [5.41, 5.74) is 7.39. The number of nitrogens with zero attached hydrogens (tertiary/aromatic N) is 1. The molecule has 1 saturated heterocycles. The van der Waals surface area contributed by atoms with E-state index in [1.807, 2.05) is 31.2 Å². The number of amides is 2. The molecule has 20 heavy (non-hydrogen) atoms. The van der Waals surface area contributed by atoms with Crippen molar-refractivity contribution in [2.45, 2.75) is 19.8 Å². The average molecular weight is 275 g/mol. The van der Waals surface area contributed by atoms with Crippen LogP contribution in [0, 0.1) is 12.8 Å². The van der Waals surface area contributed by atoms with Gasteiger partial charge in [0.1, 0.15) is 0 Å². The standard InChI is InChI=1S/C15H21N3O2/c1-11-3-2-4-13(9-11)17-10-14(19)18-7-5-12(6-8-18)15(16)20/h2-4,9,12,17H,5-8,10H2,1H3,(H2,16,20). The number of primary amides is 1. The van der Waals surface area contributed by atoms with Crippen LogP contribution in [0.3, 0.4) is 0 Å². The molecule has 2 rings (SSSR count). The summed E-state index contributed by atoms with van der Waals surface area (Å²) in [6, 6.07) is 7.92. The summed E-state index contributed by atoms with van der Waals surface area (Å²) in [4.78, 5) is 25.0. The van der Waals surface area contributed by atoms with Crippen LogP contribution < -0.4 is 11.1 Å². The molecule has 1 fully saturated rings. The number of hydrogen-bond acceptors (Lipinski definition) is 3. The minimum atomic E-state index is -0.255. The van der Waals surface area contributed by atoms with Crippen molar-refractivity contribution in [2.75, 3.05) is 25.0 Å². The van der Waals surface area contributed by atoms with Crippen LogP contribution in [0.25, 0.3) is 0 Å². The first-order chi connectivity index (χ1) is 9.56. The second-order valence-electron chi connectivity index (χ2n) is 5.28. The van der Waals surface area contributed by atoms with Crippen molar-refractivity contribution < 1.29 is 9.59 Å². The number of hydrogen-bond donors (Lipinski definition) is 2. The Kier molecular flexibility index (Phi) is 4.61. The maximum Gasteiger partial charge on any atom is 0.241 e. The molecule has 1 heterocycles. The number of likely N-dealkylation sites (tertiary alicyclic amines) is 1. The third-order valence-electron chi connectivity index (χ3n) is 3.71. The molecule has 3 N–H and O–H groups in total. The second-order valence-corrected chi connectivity index (χ2v) is 5.28. The lowest BCUT2D eigenvalue weighted by Crippen LogP contribution is -2.43. The highest BCUT2D eigenvalue weighted by Crippen LogP contribution is 2.17. The number of anilines is 1. The summed E-state index contributed by atoms with van der Waals surface area (Å²) in [7, 11) is 0. The second kappa shape index (κ2) is 6.41. The monoisotopic (exact) mass is 275 g/mol. The van der Waals surface area contributed by atoms with Crippen LogP contribution in [-0.4, -0.2) is 36.3 Å². The topological polar surface area (TPSA) is 75.4 Å². The Hall–Kier alpha value is -2.04. The lowest BCUT2D eigenvalue weighted by atomic mass is 9.96. The number of piperidine rings is 1. The molecule has 0 aliphatic carbocycles. The van der Waals surface area contributed by atoms with Crippen molar-refractivity contribution in [2.24, 2.45) is 11.7 Å². The SMILES string of the molecule is Cc1cccc(NCC(=O)N2CCC(C(N)=O)CC2)c1. The Morgan fingerprint density at radius 1 is 1.35 bits per heavy atom. The molecule has 5 nitrogen and oxygen atoms in total. The Morgan fingerprint density at radius 3 is 2.65 bits per heavy atom. The highest BCUT2D eigenvalue weighted by Gasteiger charge is 2.25. The predicted molar refractivity (Wildman–Crippen MR) is 78.2 cm³/mol. The van der Waals surface area contributed by atoms with E-state index in [1.54, 1.807) is 4.90 Å². The van der Waals surface area contributed by atoms with E-state index in [9.17, 15) is 9.59 Å². The van der Waals surface area contributed by atoms with E-state index in [4.69, 9.17) is 5.73 Å². The molecule has 1 aliphatic heterocycles. The molecule has 0 saturated carbocycles. The minimum absolute atomic E-state index is 0.0643. The highest BCUT2D eigenvalue weighted by molar-refractivity contribution is 5.81. The van der Waals surface area contributed by atoms with Gasteiger partial charge in [0, 0.05) is 24.7 Å². The molecule has 1 aliphatic rings. The summed E-state index contributed by atoms with van der Waals surface area (Å²) in [5, 5.41) is 3.13. The molecule has 0 bridgehead atoms. The largest absolute Gasteiger partial charge is 0.376 e. The number of nitrogens with one attached hydrogen (secondary N) is 1. The molecule has 0 radical (unpaired) electrons. The van der Waals surface area contributed by atoms with Crippen molar-refractivity contribution in [1.82, 2.24) is 4.90 Å². The average Bonchev–Trinajstić information content (AvgIpc) is 2.45. The Labute approximate surface area is 119 Å². The number of aryl methyl sites for hydroxylation is 1. The van der Waals surface area contributed by atoms with Crippen molar-refractivity contribution in [3.63, 3.8) is 0 Å². The summed E-state index contributed by atoms with van der Waals surface area (Å²) < 4.78 is 0. The Balaban J connectivity index is 1.80. The molecule has 108 valence electrons. The van der Waals surface area contributed by atoms with Crippen LogP contribution in [0.4, 0.5) is 5.69 Å². The maximum atomic E-state index is 12.1. The fraction of sp³-hybridized carbons (Fsp3) is 0.467. The van der Waals surface area contributed by atoms with E-state index >= 15 is 0 Å². The number of carbonyl (C=O) groups is 2. The maximum absolute atomic E-state index is 12.1. The van der Waals surface area contributed by atoms with Gasteiger partial charge in [-0.05, 0) is 37.5 Å². The summed E-state index contributed by atoms with van der Waals surface area (Å²) >= 11 is 0. The van der Waals surface area contributed by atoms with Gasteiger partial charge in [-0.15, -0.1) is 0 Å². The van der Waals surface area contributed by atoms with Gasteiger partial charge < -0.3 is 16.0 Å². The molecule has 0 atom stereocenters. The molecule has 0 spiro atoms. The van der Waals surface area contributed by atoms with Crippen LogP contribution in [-0.2, 0) is 9.59 Å². The first-order valence-corrected chi connectivity index (χ1v) is 6.94. The molecule has 0 unspecified atom stereocenters. The smallest absolute Gasteiger partial charge is 0.241 e. The third kappa shape index (κ3) is 3.73. The first-order valence-electron chi connectivity index (χ1n) is 6.94. The van der Waals surface area contributed by atoms with Gasteiger partial charge in [-0.25, -0.2) is 0 Å². The Bertz CT molecular complexity index is 494. The van der Waals surface area contributed by atoms with E-state index < -0.39 is 0 Å². The van der Waals surface area contributed by atoms with Gasteiger partial charge in [0.15, 0.2) is 0 Å². The number of nitrogens with two attached hydrogens (primary N) is 1. The molecule has 1 aromatic carbocycles. The van der Waals surface area contributed by atoms with Crippen molar-refractivity contribution in [3.8, 4) is 0 Å². The van der Waals surface area contributed by atoms with Gasteiger partial charge in [-0.3, -0.25) is 9.59 Å². The molecular formula is C15H21N3O2. The zero-order valence-electron chi connectivity index (χ0n) is 11.8. The summed E-state index contributed by atoms with van der Waals surface area (Å²) in [6.07, 6.45) is 1.34. The van der Waals surface area contributed by atoms with E-state index in [2.05, 4.69) is 5.32 Å². The molecule has 0 aromatic heterocycles. The first kappa shape index (κ1) is 14.4.